The summed E-state index contributed by atoms with van der Waals surface area (Å²) in [4.78, 5) is 23.4. The summed E-state index contributed by atoms with van der Waals surface area (Å²) in [5.74, 6) is -3.50. The van der Waals surface area contributed by atoms with Crippen LogP contribution in [0.4, 0.5) is 22.0 Å². The minimum absolute atomic E-state index is 0.0308. The first kappa shape index (κ1) is 18.4. The number of nitrogens with one attached hydrogen (secondary N) is 2. The Hall–Kier alpha value is -2.97. The molecule has 0 aliphatic heterocycles. The molecule has 0 radical (unpaired) electrons. The van der Waals surface area contributed by atoms with Crippen LogP contribution in [-0.2, 0) is 17.4 Å². The van der Waals surface area contributed by atoms with Crippen LogP contribution in [0.5, 0.6) is 0 Å². The van der Waals surface area contributed by atoms with Crippen molar-refractivity contribution in [2.75, 3.05) is 0 Å². The average molecular weight is 358 g/mol. The zero-order valence-corrected chi connectivity index (χ0v) is 12.5. The van der Waals surface area contributed by atoms with E-state index in [1.807, 2.05) is 10.9 Å². The normalized spacial score (nSPS) is 11.1. The fraction of sp³-hybridized carbons (Fsp3) is 0.125. The Kier molecular flexibility index (Phi) is 5.35. The number of benzene rings is 2. The zero-order valence-electron chi connectivity index (χ0n) is 12.5. The van der Waals surface area contributed by atoms with Gasteiger partial charge >= 0.3 is 6.18 Å². The van der Waals surface area contributed by atoms with E-state index in [0.717, 1.165) is 30.3 Å². The van der Waals surface area contributed by atoms with Crippen LogP contribution in [0.25, 0.3) is 0 Å². The SMILES string of the molecule is O=C(Cc1cc(F)cc(F)c1)NNC(=O)c1cccc(C(F)(F)F)c1. The van der Waals surface area contributed by atoms with Crippen LogP contribution >= 0.6 is 0 Å². The van der Waals surface area contributed by atoms with Crippen LogP contribution in [0.2, 0.25) is 0 Å². The molecular weight excluding hydrogens is 347 g/mol. The van der Waals surface area contributed by atoms with Gasteiger partial charge in [-0.1, -0.05) is 6.07 Å². The van der Waals surface area contributed by atoms with Crippen molar-refractivity contribution in [3.05, 3.63) is 70.8 Å². The molecule has 0 atom stereocenters. The average Bonchev–Trinajstić information content (AvgIpc) is 2.51. The van der Waals surface area contributed by atoms with E-state index < -0.39 is 41.6 Å². The van der Waals surface area contributed by atoms with Gasteiger partial charge in [-0.3, -0.25) is 20.4 Å². The maximum Gasteiger partial charge on any atom is 0.416 e. The number of carbonyl (C=O) groups excluding carboxylic acids is 2. The third kappa shape index (κ3) is 5.27. The predicted octanol–water partition coefficient (Wildman–Crippen LogP) is 2.99. The standard InChI is InChI=1S/C16H11F5N2O2/c17-12-4-9(5-13(18)8-12)6-14(24)22-23-15(25)10-2-1-3-11(7-10)16(19,20)21/h1-5,7-8H,6H2,(H,22,24)(H,23,25). The van der Waals surface area contributed by atoms with E-state index >= 15 is 0 Å². The van der Waals surface area contributed by atoms with Gasteiger partial charge < -0.3 is 0 Å². The molecular formula is C16H11F5N2O2. The van der Waals surface area contributed by atoms with Crippen molar-refractivity contribution in [2.45, 2.75) is 12.6 Å². The topological polar surface area (TPSA) is 58.2 Å². The lowest BCUT2D eigenvalue weighted by molar-refractivity contribution is -0.137. The smallest absolute Gasteiger partial charge is 0.273 e. The molecule has 0 spiro atoms. The first-order chi connectivity index (χ1) is 11.6. The van der Waals surface area contributed by atoms with Crippen molar-refractivity contribution in [2.24, 2.45) is 0 Å². The molecule has 25 heavy (non-hydrogen) atoms. The van der Waals surface area contributed by atoms with Crippen molar-refractivity contribution in [3.8, 4) is 0 Å². The van der Waals surface area contributed by atoms with Gasteiger partial charge in [-0.15, -0.1) is 0 Å². The Morgan fingerprint density at radius 3 is 2.16 bits per heavy atom. The van der Waals surface area contributed by atoms with Gasteiger partial charge in [0, 0.05) is 11.6 Å². The number of hydrogen-bond donors (Lipinski definition) is 2. The second kappa shape index (κ2) is 7.29. The third-order valence-electron chi connectivity index (χ3n) is 3.05. The Labute approximate surface area is 138 Å². The number of hydrogen-bond acceptors (Lipinski definition) is 2. The monoisotopic (exact) mass is 358 g/mol. The fourth-order valence-electron chi connectivity index (χ4n) is 1.98. The summed E-state index contributed by atoms with van der Waals surface area (Å²) in [5.41, 5.74) is 2.60. The molecule has 0 saturated heterocycles. The minimum atomic E-state index is -4.61. The molecule has 0 saturated carbocycles. The quantitative estimate of drug-likeness (QED) is 0.655. The third-order valence-corrected chi connectivity index (χ3v) is 3.05. The van der Waals surface area contributed by atoms with Gasteiger partial charge in [-0.05, 0) is 35.9 Å². The summed E-state index contributed by atoms with van der Waals surface area (Å²) in [7, 11) is 0. The maximum atomic E-state index is 13.0. The molecule has 2 aromatic carbocycles. The lowest BCUT2D eigenvalue weighted by Gasteiger charge is -2.10. The lowest BCUT2D eigenvalue weighted by atomic mass is 10.1. The first-order valence-corrected chi connectivity index (χ1v) is 6.86. The van der Waals surface area contributed by atoms with Crippen LogP contribution < -0.4 is 10.9 Å². The first-order valence-electron chi connectivity index (χ1n) is 6.86. The predicted molar refractivity (Wildman–Crippen MR) is 77.1 cm³/mol. The Balaban J connectivity index is 1.96. The number of carbonyl (C=O) groups is 2. The van der Waals surface area contributed by atoms with Gasteiger partial charge in [0.25, 0.3) is 5.91 Å². The Bertz CT molecular complexity index is 785. The number of rotatable bonds is 3. The Morgan fingerprint density at radius 2 is 1.56 bits per heavy atom. The summed E-state index contributed by atoms with van der Waals surface area (Å²) < 4.78 is 63.8. The number of halogens is 5. The van der Waals surface area contributed by atoms with E-state index in [2.05, 4.69) is 0 Å². The van der Waals surface area contributed by atoms with E-state index in [1.54, 1.807) is 0 Å². The number of alkyl halides is 3. The van der Waals surface area contributed by atoms with Crippen molar-refractivity contribution < 1.29 is 31.5 Å². The highest BCUT2D eigenvalue weighted by atomic mass is 19.4. The van der Waals surface area contributed by atoms with Crippen molar-refractivity contribution in [1.29, 1.82) is 0 Å². The molecule has 0 unspecified atom stereocenters. The molecule has 0 aromatic heterocycles. The molecule has 2 aromatic rings. The molecule has 0 aliphatic rings. The zero-order chi connectivity index (χ0) is 18.6. The molecule has 9 heteroatoms. The van der Waals surface area contributed by atoms with Crippen LogP contribution in [0.15, 0.2) is 42.5 Å². The molecule has 2 amide bonds. The fourth-order valence-corrected chi connectivity index (χ4v) is 1.98. The lowest BCUT2D eigenvalue weighted by Crippen LogP contribution is -2.42. The Morgan fingerprint density at radius 1 is 0.920 bits per heavy atom. The molecule has 0 bridgehead atoms. The molecule has 2 N–H and O–H groups in total. The van der Waals surface area contributed by atoms with Crippen molar-refractivity contribution >= 4 is 11.8 Å². The van der Waals surface area contributed by atoms with Gasteiger partial charge in [0.15, 0.2) is 0 Å². The van der Waals surface area contributed by atoms with E-state index in [4.69, 9.17) is 0 Å². The van der Waals surface area contributed by atoms with Gasteiger partial charge in [0.2, 0.25) is 5.91 Å². The second-order valence-corrected chi connectivity index (χ2v) is 5.04. The summed E-state index contributed by atoms with van der Waals surface area (Å²) in [6.45, 7) is 0. The molecule has 4 nitrogen and oxygen atoms in total. The summed E-state index contributed by atoms with van der Waals surface area (Å²) in [6.07, 6.45) is -5.04. The van der Waals surface area contributed by atoms with Crippen molar-refractivity contribution in [3.63, 3.8) is 0 Å². The summed E-state index contributed by atoms with van der Waals surface area (Å²) >= 11 is 0. The highest BCUT2D eigenvalue weighted by molar-refractivity contribution is 5.95. The van der Waals surface area contributed by atoms with Gasteiger partial charge in [-0.25, -0.2) is 8.78 Å². The van der Waals surface area contributed by atoms with E-state index in [1.165, 1.54) is 0 Å². The maximum absolute atomic E-state index is 13.0. The summed E-state index contributed by atoms with van der Waals surface area (Å²) in [5, 5.41) is 0. The van der Waals surface area contributed by atoms with Gasteiger partial charge in [-0.2, -0.15) is 13.2 Å². The molecule has 0 fully saturated rings. The summed E-state index contributed by atoms with van der Waals surface area (Å²) in [6, 6.07) is 6.14. The molecule has 132 valence electrons. The van der Waals surface area contributed by atoms with Gasteiger partial charge in [0.05, 0.1) is 12.0 Å². The number of hydrazine groups is 1. The van der Waals surface area contributed by atoms with Crippen LogP contribution in [0.1, 0.15) is 21.5 Å². The highest BCUT2D eigenvalue weighted by Gasteiger charge is 2.30. The molecule has 0 aliphatic carbocycles. The van der Waals surface area contributed by atoms with Crippen LogP contribution in [0.3, 0.4) is 0 Å². The van der Waals surface area contributed by atoms with Crippen LogP contribution in [-0.4, -0.2) is 11.8 Å². The number of amides is 2. The van der Waals surface area contributed by atoms with E-state index in [0.29, 0.717) is 12.1 Å². The van der Waals surface area contributed by atoms with E-state index in [-0.39, 0.29) is 11.1 Å². The van der Waals surface area contributed by atoms with Crippen molar-refractivity contribution in [1.82, 2.24) is 10.9 Å². The molecule has 2 rings (SSSR count). The second-order valence-electron chi connectivity index (χ2n) is 5.04. The van der Waals surface area contributed by atoms with Crippen LogP contribution in [0, 0.1) is 11.6 Å². The minimum Gasteiger partial charge on any atom is -0.273 e. The largest absolute Gasteiger partial charge is 0.416 e. The van der Waals surface area contributed by atoms with E-state index in [9.17, 15) is 31.5 Å². The highest BCUT2D eigenvalue weighted by Crippen LogP contribution is 2.29. The molecule has 0 heterocycles. The van der Waals surface area contributed by atoms with Gasteiger partial charge in [0.1, 0.15) is 11.6 Å².